The van der Waals surface area contributed by atoms with Gasteiger partial charge in [0.25, 0.3) is 0 Å². The van der Waals surface area contributed by atoms with E-state index in [4.69, 9.17) is 5.26 Å². The van der Waals surface area contributed by atoms with Crippen LogP contribution in [-0.2, 0) is 0 Å². The molecule has 1 aromatic rings. The molecule has 0 aliphatic heterocycles. The molecule has 0 saturated heterocycles. The quantitative estimate of drug-likeness (QED) is 0.707. The first-order valence-corrected chi connectivity index (χ1v) is 5.59. The highest BCUT2D eigenvalue weighted by Crippen LogP contribution is 2.51. The number of hydrogen-bond donors (Lipinski definition) is 0. The maximum absolute atomic E-state index is 8.65. The van der Waals surface area contributed by atoms with Crippen molar-refractivity contribution in [2.75, 3.05) is 5.75 Å². The average Bonchev–Trinajstić information content (AvgIpc) is 2.98. The zero-order valence-electron chi connectivity index (χ0n) is 7.81. The van der Waals surface area contributed by atoms with Gasteiger partial charge in [-0.25, -0.2) is 4.98 Å². The van der Waals surface area contributed by atoms with Crippen molar-refractivity contribution in [3.8, 4) is 6.07 Å². The molecule has 0 unspecified atom stereocenters. The molecule has 1 aliphatic rings. The fourth-order valence-corrected chi connectivity index (χ4v) is 2.42. The van der Waals surface area contributed by atoms with E-state index in [1.54, 1.807) is 30.4 Å². The Morgan fingerprint density at radius 3 is 2.93 bits per heavy atom. The Balaban J connectivity index is 1.87. The molecule has 0 bridgehead atoms. The largest absolute Gasteiger partial charge is 0.260 e. The Hall–Kier alpha value is -1.08. The summed E-state index contributed by atoms with van der Waals surface area (Å²) in [6, 6.07) is 2.26. The first-order valence-electron chi connectivity index (χ1n) is 4.60. The van der Waals surface area contributed by atoms with Crippen molar-refractivity contribution in [2.45, 2.75) is 24.3 Å². The van der Waals surface area contributed by atoms with Crippen LogP contribution in [0.1, 0.15) is 19.3 Å². The van der Waals surface area contributed by atoms with Gasteiger partial charge in [0.1, 0.15) is 5.03 Å². The van der Waals surface area contributed by atoms with Crippen LogP contribution in [0, 0.1) is 16.7 Å². The van der Waals surface area contributed by atoms with Crippen LogP contribution >= 0.6 is 11.8 Å². The number of nitriles is 1. The standard InChI is InChI=1S/C10H11N3S/c11-4-3-10(1-2-10)8-14-9-7-12-5-6-13-9/h5-7H,1-3,8H2. The second-order valence-corrected chi connectivity index (χ2v) is 4.66. The summed E-state index contributed by atoms with van der Waals surface area (Å²) >= 11 is 1.71. The van der Waals surface area contributed by atoms with E-state index in [0.29, 0.717) is 6.42 Å². The van der Waals surface area contributed by atoms with E-state index in [-0.39, 0.29) is 5.41 Å². The Morgan fingerprint density at radius 1 is 1.50 bits per heavy atom. The molecule has 1 heterocycles. The van der Waals surface area contributed by atoms with Crippen LogP contribution < -0.4 is 0 Å². The third kappa shape index (κ3) is 2.24. The SMILES string of the molecule is N#CCC1(CSc2cnccn2)CC1. The average molecular weight is 205 g/mol. The molecule has 72 valence electrons. The molecule has 2 rings (SSSR count). The van der Waals surface area contributed by atoms with Crippen LogP contribution in [0.3, 0.4) is 0 Å². The molecule has 0 spiro atoms. The molecular formula is C10H11N3S. The molecule has 3 nitrogen and oxygen atoms in total. The van der Waals surface area contributed by atoms with Crippen LogP contribution in [0.15, 0.2) is 23.6 Å². The summed E-state index contributed by atoms with van der Waals surface area (Å²) < 4.78 is 0. The first kappa shape index (κ1) is 9.47. The van der Waals surface area contributed by atoms with Gasteiger partial charge in [-0.2, -0.15) is 5.26 Å². The second-order valence-electron chi connectivity index (χ2n) is 3.67. The van der Waals surface area contributed by atoms with Crippen molar-refractivity contribution >= 4 is 11.8 Å². The van der Waals surface area contributed by atoms with E-state index in [9.17, 15) is 0 Å². The van der Waals surface area contributed by atoms with E-state index < -0.39 is 0 Å². The third-order valence-electron chi connectivity index (χ3n) is 2.48. The molecule has 0 aromatic carbocycles. The topological polar surface area (TPSA) is 49.6 Å². The van der Waals surface area contributed by atoms with Gasteiger partial charge in [-0.1, -0.05) is 0 Å². The Labute approximate surface area is 87.6 Å². The summed E-state index contributed by atoms with van der Waals surface area (Å²) in [5.74, 6) is 0.999. The molecular weight excluding hydrogens is 194 g/mol. The lowest BCUT2D eigenvalue weighted by Crippen LogP contribution is -2.02. The highest BCUT2D eigenvalue weighted by atomic mass is 32.2. The minimum atomic E-state index is 0.289. The zero-order valence-corrected chi connectivity index (χ0v) is 8.63. The van der Waals surface area contributed by atoms with E-state index in [1.165, 1.54) is 12.8 Å². The number of aromatic nitrogens is 2. The maximum Gasteiger partial charge on any atom is 0.114 e. The van der Waals surface area contributed by atoms with Gasteiger partial charge >= 0.3 is 0 Å². The summed E-state index contributed by atoms with van der Waals surface area (Å²) in [4.78, 5) is 8.19. The first-order chi connectivity index (χ1) is 6.85. The lowest BCUT2D eigenvalue weighted by atomic mass is 10.1. The van der Waals surface area contributed by atoms with Gasteiger partial charge in [0, 0.05) is 24.6 Å². The second kappa shape index (κ2) is 3.97. The highest BCUT2D eigenvalue weighted by Gasteiger charge is 2.42. The number of thioether (sulfide) groups is 1. The van der Waals surface area contributed by atoms with E-state index in [2.05, 4.69) is 16.0 Å². The van der Waals surface area contributed by atoms with Crippen molar-refractivity contribution in [1.29, 1.82) is 5.26 Å². The minimum absolute atomic E-state index is 0.289. The molecule has 4 heteroatoms. The molecule has 1 saturated carbocycles. The number of rotatable bonds is 4. The molecule has 0 radical (unpaired) electrons. The van der Waals surface area contributed by atoms with Crippen molar-refractivity contribution in [1.82, 2.24) is 9.97 Å². The predicted molar refractivity (Wildman–Crippen MR) is 54.7 cm³/mol. The van der Waals surface area contributed by atoms with Crippen LogP contribution in [0.2, 0.25) is 0 Å². The van der Waals surface area contributed by atoms with Crippen molar-refractivity contribution < 1.29 is 0 Å². The predicted octanol–water partition coefficient (Wildman–Crippen LogP) is 2.26. The van der Waals surface area contributed by atoms with Gasteiger partial charge in [-0.15, -0.1) is 11.8 Å². The highest BCUT2D eigenvalue weighted by molar-refractivity contribution is 7.99. The molecule has 1 fully saturated rings. The Bertz CT molecular complexity index is 340. The van der Waals surface area contributed by atoms with Gasteiger partial charge in [0.15, 0.2) is 0 Å². The molecule has 0 atom stereocenters. The number of hydrogen-bond acceptors (Lipinski definition) is 4. The molecule has 1 aromatic heterocycles. The Kier molecular flexibility index (Phi) is 2.69. The normalized spacial score (nSPS) is 17.4. The molecule has 0 N–H and O–H groups in total. The van der Waals surface area contributed by atoms with Gasteiger partial charge in [-0.05, 0) is 18.3 Å². The van der Waals surface area contributed by atoms with Gasteiger partial charge < -0.3 is 0 Å². The maximum atomic E-state index is 8.65. The van der Waals surface area contributed by atoms with Crippen LogP contribution in [0.4, 0.5) is 0 Å². The smallest absolute Gasteiger partial charge is 0.114 e. The fraction of sp³-hybridized carbons (Fsp3) is 0.500. The van der Waals surface area contributed by atoms with Crippen molar-refractivity contribution in [2.24, 2.45) is 5.41 Å². The van der Waals surface area contributed by atoms with Crippen LogP contribution in [0.5, 0.6) is 0 Å². The lowest BCUT2D eigenvalue weighted by Gasteiger charge is -2.08. The van der Waals surface area contributed by atoms with Crippen molar-refractivity contribution in [3.05, 3.63) is 18.6 Å². The Morgan fingerprint density at radius 2 is 2.36 bits per heavy atom. The van der Waals surface area contributed by atoms with Crippen LogP contribution in [-0.4, -0.2) is 15.7 Å². The van der Waals surface area contributed by atoms with Gasteiger partial charge in [-0.3, -0.25) is 4.98 Å². The molecule has 0 amide bonds. The van der Waals surface area contributed by atoms with E-state index in [0.717, 1.165) is 10.8 Å². The van der Waals surface area contributed by atoms with Gasteiger partial charge in [0.2, 0.25) is 0 Å². The van der Waals surface area contributed by atoms with Gasteiger partial charge in [0.05, 0.1) is 12.3 Å². The van der Waals surface area contributed by atoms with E-state index in [1.807, 2.05) is 0 Å². The van der Waals surface area contributed by atoms with Crippen LogP contribution in [0.25, 0.3) is 0 Å². The summed E-state index contributed by atoms with van der Waals surface area (Å²) in [6.45, 7) is 0. The third-order valence-corrected chi connectivity index (χ3v) is 3.74. The minimum Gasteiger partial charge on any atom is -0.260 e. The van der Waals surface area contributed by atoms with Crippen molar-refractivity contribution in [3.63, 3.8) is 0 Å². The lowest BCUT2D eigenvalue weighted by molar-refractivity contribution is 0.603. The molecule has 14 heavy (non-hydrogen) atoms. The summed E-state index contributed by atoms with van der Waals surface area (Å²) in [6.07, 6.45) is 8.20. The number of nitrogens with zero attached hydrogens (tertiary/aromatic N) is 3. The fourth-order valence-electron chi connectivity index (χ4n) is 1.30. The monoisotopic (exact) mass is 205 g/mol. The molecule has 1 aliphatic carbocycles. The zero-order chi connectivity index (χ0) is 9.86. The summed E-state index contributed by atoms with van der Waals surface area (Å²) in [7, 11) is 0. The summed E-state index contributed by atoms with van der Waals surface area (Å²) in [5, 5.41) is 9.61. The summed E-state index contributed by atoms with van der Waals surface area (Å²) in [5.41, 5.74) is 0.289. The van der Waals surface area contributed by atoms with E-state index >= 15 is 0 Å².